The second-order valence-corrected chi connectivity index (χ2v) is 12.5. The van der Waals surface area contributed by atoms with Crippen LogP contribution in [-0.4, -0.2) is 52.9 Å². The van der Waals surface area contributed by atoms with Gasteiger partial charge in [0.15, 0.2) is 9.84 Å². The maximum absolute atomic E-state index is 13.4. The van der Waals surface area contributed by atoms with Crippen LogP contribution in [0.2, 0.25) is 0 Å². The smallest absolute Gasteiger partial charge is 0.258 e. The highest BCUT2D eigenvalue weighted by Gasteiger charge is 2.30. The highest BCUT2D eigenvalue weighted by Crippen LogP contribution is 2.32. The molecule has 0 spiro atoms. The number of sulfone groups is 1. The summed E-state index contributed by atoms with van der Waals surface area (Å²) >= 11 is 0. The molecule has 0 aliphatic carbocycles. The summed E-state index contributed by atoms with van der Waals surface area (Å²) in [5, 5.41) is 0. The lowest BCUT2D eigenvalue weighted by Crippen LogP contribution is -2.37. The molecular weight excluding hydrogens is 448 g/mol. The van der Waals surface area contributed by atoms with Gasteiger partial charge in [-0.25, -0.2) is 16.8 Å². The summed E-state index contributed by atoms with van der Waals surface area (Å²) in [5.74, 6) is -0.284. The second-order valence-electron chi connectivity index (χ2n) is 8.57. The van der Waals surface area contributed by atoms with E-state index in [-0.39, 0.29) is 15.7 Å². The van der Waals surface area contributed by atoms with Gasteiger partial charge in [-0.1, -0.05) is 12.5 Å². The monoisotopic (exact) mass is 476 g/mol. The lowest BCUT2D eigenvalue weighted by Gasteiger charge is -2.30. The highest BCUT2D eigenvalue weighted by molar-refractivity contribution is 7.90. The Kier molecular flexibility index (Phi) is 6.17. The van der Waals surface area contributed by atoms with Gasteiger partial charge in [0.1, 0.15) is 0 Å². The third kappa shape index (κ3) is 4.33. The molecule has 32 heavy (non-hydrogen) atoms. The van der Waals surface area contributed by atoms with Gasteiger partial charge in [0, 0.05) is 37.1 Å². The molecule has 9 heteroatoms. The molecule has 1 amide bonds. The molecule has 0 atom stereocenters. The van der Waals surface area contributed by atoms with Crippen molar-refractivity contribution in [2.24, 2.45) is 0 Å². The minimum atomic E-state index is -3.67. The molecule has 2 heterocycles. The first kappa shape index (κ1) is 22.9. The van der Waals surface area contributed by atoms with Crippen LogP contribution in [0.5, 0.6) is 0 Å². The van der Waals surface area contributed by atoms with Gasteiger partial charge >= 0.3 is 0 Å². The van der Waals surface area contributed by atoms with Crippen molar-refractivity contribution in [1.29, 1.82) is 0 Å². The van der Waals surface area contributed by atoms with Crippen molar-refractivity contribution in [3.05, 3.63) is 53.1 Å². The number of carbonyl (C=O) groups is 1. The number of benzene rings is 2. The van der Waals surface area contributed by atoms with Crippen molar-refractivity contribution < 1.29 is 21.6 Å². The number of sulfonamides is 1. The molecule has 7 nitrogen and oxygen atoms in total. The average molecular weight is 477 g/mol. The Balaban J connectivity index is 1.69. The summed E-state index contributed by atoms with van der Waals surface area (Å²) in [4.78, 5) is 15.4. The molecule has 1 saturated heterocycles. The summed E-state index contributed by atoms with van der Waals surface area (Å²) in [6.45, 7) is 3.24. The third-order valence-corrected chi connectivity index (χ3v) is 9.36. The van der Waals surface area contributed by atoms with E-state index in [4.69, 9.17) is 0 Å². The Bertz CT molecular complexity index is 1260. The molecule has 172 valence electrons. The van der Waals surface area contributed by atoms with Gasteiger partial charge in [-0.15, -0.1) is 0 Å². The van der Waals surface area contributed by atoms with Gasteiger partial charge < -0.3 is 4.90 Å². The quantitative estimate of drug-likeness (QED) is 0.676. The normalized spacial score (nSPS) is 17.8. The molecule has 0 N–H and O–H groups in total. The van der Waals surface area contributed by atoms with E-state index in [0.29, 0.717) is 49.3 Å². The number of nitrogens with zero attached hydrogens (tertiary/aromatic N) is 2. The van der Waals surface area contributed by atoms with Crippen molar-refractivity contribution in [3.8, 4) is 0 Å². The van der Waals surface area contributed by atoms with E-state index in [1.807, 2.05) is 0 Å². The number of rotatable bonds is 4. The molecule has 0 unspecified atom stereocenters. The maximum atomic E-state index is 13.4. The Labute approximate surface area is 190 Å². The zero-order chi connectivity index (χ0) is 23.1. The summed E-state index contributed by atoms with van der Waals surface area (Å²) in [7, 11) is -7.00. The van der Waals surface area contributed by atoms with Crippen molar-refractivity contribution in [2.45, 2.75) is 48.8 Å². The van der Waals surface area contributed by atoms with E-state index in [0.717, 1.165) is 31.1 Å². The van der Waals surface area contributed by atoms with E-state index >= 15 is 0 Å². The van der Waals surface area contributed by atoms with Crippen LogP contribution < -0.4 is 4.90 Å². The number of fused-ring (bicyclic) bond motifs is 1. The molecule has 2 aromatic carbocycles. The van der Waals surface area contributed by atoms with Gasteiger partial charge in [-0.05, 0) is 74.1 Å². The van der Waals surface area contributed by atoms with Gasteiger partial charge in [-0.3, -0.25) is 4.79 Å². The Morgan fingerprint density at radius 2 is 1.59 bits per heavy atom. The number of anilines is 1. The first-order chi connectivity index (χ1) is 15.1. The molecule has 0 aromatic heterocycles. The summed E-state index contributed by atoms with van der Waals surface area (Å²) in [6.07, 6.45) is 5.27. The van der Waals surface area contributed by atoms with Crippen LogP contribution in [0.25, 0.3) is 0 Å². The number of amides is 1. The zero-order valence-electron chi connectivity index (χ0n) is 18.4. The molecule has 2 aromatic rings. The SMILES string of the molecule is Cc1ccc(C(=O)N2CCCc3cc(S(C)(=O)=O)ccc32)cc1S(=O)(=O)N1CCCCC1. The predicted octanol–water partition coefficient (Wildman–Crippen LogP) is 3.17. The number of hydrogen-bond acceptors (Lipinski definition) is 5. The molecule has 2 aliphatic rings. The van der Waals surface area contributed by atoms with Crippen molar-refractivity contribution >= 4 is 31.5 Å². The minimum Gasteiger partial charge on any atom is -0.308 e. The largest absolute Gasteiger partial charge is 0.308 e. The topological polar surface area (TPSA) is 91.8 Å². The van der Waals surface area contributed by atoms with Crippen molar-refractivity contribution in [3.63, 3.8) is 0 Å². The summed E-state index contributed by atoms with van der Waals surface area (Å²) in [5.41, 5.74) is 2.41. The van der Waals surface area contributed by atoms with Crippen LogP contribution in [0.4, 0.5) is 5.69 Å². The number of hydrogen-bond donors (Lipinski definition) is 0. The summed E-state index contributed by atoms with van der Waals surface area (Å²) in [6, 6.07) is 9.64. The standard InChI is InChI=1S/C23H28N2O5S2/c1-17-8-9-19(16-22(17)32(29,30)24-12-4-3-5-13-24)23(26)25-14-6-7-18-15-20(31(2,27)28)10-11-21(18)25/h8-11,15-16H,3-7,12-14H2,1-2H3. The number of carbonyl (C=O) groups excluding carboxylic acids is 1. The van der Waals surface area contributed by atoms with Gasteiger partial charge in [0.25, 0.3) is 5.91 Å². The van der Waals surface area contributed by atoms with Crippen molar-refractivity contribution in [1.82, 2.24) is 4.31 Å². The first-order valence-corrected chi connectivity index (χ1v) is 14.2. The molecule has 2 aliphatic heterocycles. The van der Waals surface area contributed by atoms with Crippen LogP contribution in [0.15, 0.2) is 46.2 Å². The number of aryl methyl sites for hydroxylation is 2. The molecular formula is C23H28N2O5S2. The van der Waals surface area contributed by atoms with E-state index in [1.165, 1.54) is 16.4 Å². The highest BCUT2D eigenvalue weighted by atomic mass is 32.2. The number of piperidine rings is 1. The van der Waals surface area contributed by atoms with E-state index < -0.39 is 19.9 Å². The molecule has 1 fully saturated rings. The summed E-state index contributed by atoms with van der Waals surface area (Å²) < 4.78 is 51.8. The predicted molar refractivity (Wildman–Crippen MR) is 123 cm³/mol. The van der Waals surface area contributed by atoms with E-state index in [9.17, 15) is 21.6 Å². The Hall–Kier alpha value is -2.23. The third-order valence-electron chi connectivity index (χ3n) is 6.21. The van der Waals surface area contributed by atoms with Crippen LogP contribution in [0.1, 0.15) is 47.2 Å². The van der Waals surface area contributed by atoms with Gasteiger partial charge in [0.05, 0.1) is 9.79 Å². The average Bonchev–Trinajstić information content (AvgIpc) is 2.78. The Morgan fingerprint density at radius 3 is 2.28 bits per heavy atom. The molecule has 4 rings (SSSR count). The fourth-order valence-electron chi connectivity index (χ4n) is 4.43. The molecule has 0 saturated carbocycles. The maximum Gasteiger partial charge on any atom is 0.258 e. The fraction of sp³-hybridized carbons (Fsp3) is 0.435. The van der Waals surface area contributed by atoms with Gasteiger partial charge in [-0.2, -0.15) is 4.31 Å². The first-order valence-electron chi connectivity index (χ1n) is 10.8. The van der Waals surface area contributed by atoms with Crippen LogP contribution >= 0.6 is 0 Å². The fourth-order valence-corrected chi connectivity index (χ4v) is 6.87. The molecule has 0 bridgehead atoms. The second kappa shape index (κ2) is 8.61. The molecule has 0 radical (unpaired) electrons. The van der Waals surface area contributed by atoms with Crippen LogP contribution in [0.3, 0.4) is 0 Å². The van der Waals surface area contributed by atoms with Crippen LogP contribution in [0, 0.1) is 6.92 Å². The van der Waals surface area contributed by atoms with E-state index in [2.05, 4.69) is 0 Å². The lowest BCUT2D eigenvalue weighted by atomic mass is 10.0. The van der Waals surface area contributed by atoms with E-state index in [1.54, 1.807) is 36.1 Å². The van der Waals surface area contributed by atoms with Gasteiger partial charge in [0.2, 0.25) is 10.0 Å². The lowest BCUT2D eigenvalue weighted by molar-refractivity contribution is 0.0985. The van der Waals surface area contributed by atoms with Crippen molar-refractivity contribution in [2.75, 3.05) is 30.8 Å². The zero-order valence-corrected chi connectivity index (χ0v) is 20.0. The minimum absolute atomic E-state index is 0.176. The van der Waals surface area contributed by atoms with Crippen LogP contribution in [-0.2, 0) is 26.3 Å². The Morgan fingerprint density at radius 1 is 0.875 bits per heavy atom.